The fourth-order valence-electron chi connectivity index (χ4n) is 4.20. The molecule has 1 aliphatic heterocycles. The van der Waals surface area contributed by atoms with Crippen LogP contribution in [-0.4, -0.2) is 37.2 Å². The Morgan fingerprint density at radius 3 is 3.00 bits per heavy atom. The highest BCUT2D eigenvalue weighted by atomic mass is 16.5. The number of amides is 2. The molecule has 1 spiro atoms. The monoisotopic (exact) mass is 342 g/mol. The molecule has 2 amide bonds. The van der Waals surface area contributed by atoms with Crippen molar-refractivity contribution in [1.29, 1.82) is 0 Å². The van der Waals surface area contributed by atoms with Gasteiger partial charge in [0.1, 0.15) is 5.75 Å². The number of urea groups is 1. The molecule has 0 saturated carbocycles. The molecule has 4 heteroatoms. The molecule has 25 heavy (non-hydrogen) atoms. The van der Waals surface area contributed by atoms with Crippen LogP contribution in [0.15, 0.2) is 36.4 Å². The van der Waals surface area contributed by atoms with Gasteiger partial charge in [-0.3, -0.25) is 0 Å². The van der Waals surface area contributed by atoms with Gasteiger partial charge in [-0.15, -0.1) is 0 Å². The van der Waals surface area contributed by atoms with E-state index >= 15 is 0 Å². The van der Waals surface area contributed by atoms with Gasteiger partial charge in [0.2, 0.25) is 0 Å². The van der Waals surface area contributed by atoms with E-state index in [2.05, 4.69) is 30.5 Å². The Kier molecular flexibility index (Phi) is 5.67. The lowest BCUT2D eigenvalue weighted by Crippen LogP contribution is -2.52. The third-order valence-corrected chi connectivity index (χ3v) is 5.55. The predicted octanol–water partition coefficient (Wildman–Crippen LogP) is 4.16. The molecule has 2 aliphatic rings. The largest absolute Gasteiger partial charge is 0.497 e. The van der Waals surface area contributed by atoms with Crippen molar-refractivity contribution in [3.05, 3.63) is 42.0 Å². The van der Waals surface area contributed by atoms with Gasteiger partial charge in [0.25, 0.3) is 0 Å². The predicted molar refractivity (Wildman–Crippen MR) is 101 cm³/mol. The third kappa shape index (κ3) is 4.56. The Morgan fingerprint density at radius 1 is 1.36 bits per heavy atom. The van der Waals surface area contributed by atoms with Crippen molar-refractivity contribution < 1.29 is 9.53 Å². The summed E-state index contributed by atoms with van der Waals surface area (Å²) < 4.78 is 5.28. The van der Waals surface area contributed by atoms with Crippen LogP contribution in [-0.2, 0) is 6.42 Å². The summed E-state index contributed by atoms with van der Waals surface area (Å²) in [7, 11) is 1.68. The second-order valence-electron chi connectivity index (χ2n) is 7.65. The maximum atomic E-state index is 12.7. The van der Waals surface area contributed by atoms with E-state index in [4.69, 9.17) is 4.74 Å². The first-order valence-corrected chi connectivity index (χ1v) is 9.44. The van der Waals surface area contributed by atoms with Crippen molar-refractivity contribution in [2.24, 2.45) is 5.41 Å². The molecular weight excluding hydrogens is 312 g/mol. The standard InChI is InChI=1S/C21H30N2O2/c1-17(14-18-8-6-9-19(15-18)25-2)22-20(24)23-13-7-12-21(16-23)10-4-3-5-11-21/h3-4,6,8-9,15,17H,5,7,10-14,16H2,1-2H3,(H,22,24). The summed E-state index contributed by atoms with van der Waals surface area (Å²) in [6, 6.07) is 8.24. The molecular formula is C21H30N2O2. The Balaban J connectivity index is 1.54. The molecule has 0 bridgehead atoms. The third-order valence-electron chi connectivity index (χ3n) is 5.55. The number of hydrogen-bond donors (Lipinski definition) is 1. The molecule has 0 aromatic heterocycles. The average Bonchev–Trinajstić information content (AvgIpc) is 2.62. The lowest BCUT2D eigenvalue weighted by molar-refractivity contribution is 0.0949. The van der Waals surface area contributed by atoms with Crippen molar-refractivity contribution in [2.45, 2.75) is 51.5 Å². The molecule has 0 radical (unpaired) electrons. The van der Waals surface area contributed by atoms with E-state index in [1.165, 1.54) is 18.4 Å². The van der Waals surface area contributed by atoms with Gasteiger partial charge >= 0.3 is 6.03 Å². The van der Waals surface area contributed by atoms with Crippen molar-refractivity contribution in [1.82, 2.24) is 10.2 Å². The summed E-state index contributed by atoms with van der Waals surface area (Å²) in [6.45, 7) is 3.85. The first-order valence-electron chi connectivity index (χ1n) is 9.44. The van der Waals surface area contributed by atoms with Crippen LogP contribution in [0.25, 0.3) is 0 Å². The molecule has 4 nitrogen and oxygen atoms in total. The van der Waals surface area contributed by atoms with Gasteiger partial charge in [-0.1, -0.05) is 24.3 Å². The number of ether oxygens (including phenoxy) is 1. The Bertz CT molecular complexity index is 628. The fourth-order valence-corrected chi connectivity index (χ4v) is 4.20. The SMILES string of the molecule is COc1cccc(CC(C)NC(=O)N2CCCC3(CC=CCC3)C2)c1. The molecule has 1 saturated heterocycles. The maximum absolute atomic E-state index is 12.7. The molecule has 136 valence electrons. The normalized spacial score (nSPS) is 24.2. The van der Waals surface area contributed by atoms with Crippen LogP contribution in [0.3, 0.4) is 0 Å². The molecule has 1 aromatic carbocycles. The second kappa shape index (κ2) is 7.94. The molecule has 1 aliphatic carbocycles. The molecule has 3 rings (SSSR count). The number of nitrogens with one attached hydrogen (secondary N) is 1. The van der Waals surface area contributed by atoms with Gasteiger partial charge in [0.15, 0.2) is 0 Å². The zero-order valence-corrected chi connectivity index (χ0v) is 15.5. The molecule has 1 fully saturated rings. The van der Waals surface area contributed by atoms with Gasteiger partial charge in [0, 0.05) is 19.1 Å². The number of hydrogen-bond acceptors (Lipinski definition) is 2. The van der Waals surface area contributed by atoms with Gasteiger partial charge in [-0.05, 0) is 68.6 Å². The van der Waals surface area contributed by atoms with Gasteiger partial charge < -0.3 is 15.0 Å². The minimum Gasteiger partial charge on any atom is -0.497 e. The van der Waals surface area contributed by atoms with Crippen molar-refractivity contribution >= 4 is 6.03 Å². The Hall–Kier alpha value is -1.97. The van der Waals surface area contributed by atoms with Gasteiger partial charge in [-0.25, -0.2) is 4.79 Å². The van der Waals surface area contributed by atoms with E-state index in [0.29, 0.717) is 5.41 Å². The summed E-state index contributed by atoms with van der Waals surface area (Å²) in [5, 5.41) is 3.19. The molecule has 2 unspecified atom stereocenters. The first kappa shape index (κ1) is 17.8. The van der Waals surface area contributed by atoms with Crippen LogP contribution in [0, 0.1) is 5.41 Å². The number of allylic oxidation sites excluding steroid dienone is 2. The Morgan fingerprint density at radius 2 is 2.24 bits per heavy atom. The smallest absolute Gasteiger partial charge is 0.317 e. The second-order valence-corrected chi connectivity index (χ2v) is 7.65. The maximum Gasteiger partial charge on any atom is 0.317 e. The number of rotatable bonds is 4. The summed E-state index contributed by atoms with van der Waals surface area (Å²) in [6.07, 6.45) is 11.2. The molecule has 1 aromatic rings. The van der Waals surface area contributed by atoms with E-state index in [0.717, 1.165) is 44.5 Å². The van der Waals surface area contributed by atoms with E-state index in [9.17, 15) is 4.79 Å². The first-order chi connectivity index (χ1) is 12.1. The summed E-state index contributed by atoms with van der Waals surface area (Å²) >= 11 is 0. The number of carbonyl (C=O) groups is 1. The van der Waals surface area contributed by atoms with Crippen LogP contribution in [0.4, 0.5) is 4.79 Å². The number of likely N-dealkylation sites (tertiary alicyclic amines) is 1. The van der Waals surface area contributed by atoms with E-state index in [1.54, 1.807) is 7.11 Å². The lowest BCUT2D eigenvalue weighted by Gasteiger charge is -2.44. The number of carbonyl (C=O) groups excluding carboxylic acids is 1. The lowest BCUT2D eigenvalue weighted by atomic mass is 9.71. The van der Waals surface area contributed by atoms with E-state index in [-0.39, 0.29) is 12.1 Å². The summed E-state index contributed by atoms with van der Waals surface area (Å²) in [5.41, 5.74) is 1.50. The molecule has 1 N–H and O–H groups in total. The zero-order chi connectivity index (χ0) is 17.7. The highest BCUT2D eigenvalue weighted by molar-refractivity contribution is 5.74. The van der Waals surface area contributed by atoms with Crippen LogP contribution >= 0.6 is 0 Å². The van der Waals surface area contributed by atoms with E-state index < -0.39 is 0 Å². The summed E-state index contributed by atoms with van der Waals surface area (Å²) in [5.74, 6) is 0.861. The highest BCUT2D eigenvalue weighted by Crippen LogP contribution is 2.40. The van der Waals surface area contributed by atoms with E-state index in [1.807, 2.05) is 23.1 Å². The molecule has 2 atom stereocenters. The quantitative estimate of drug-likeness (QED) is 0.835. The van der Waals surface area contributed by atoms with Crippen molar-refractivity contribution in [3.8, 4) is 5.75 Å². The number of benzene rings is 1. The van der Waals surface area contributed by atoms with Crippen molar-refractivity contribution in [2.75, 3.05) is 20.2 Å². The average molecular weight is 342 g/mol. The zero-order valence-electron chi connectivity index (χ0n) is 15.5. The number of nitrogens with zero attached hydrogens (tertiary/aromatic N) is 1. The minimum atomic E-state index is 0.0871. The van der Waals surface area contributed by atoms with Crippen LogP contribution < -0.4 is 10.1 Å². The van der Waals surface area contributed by atoms with Crippen LogP contribution in [0.2, 0.25) is 0 Å². The Labute approximate surface area is 151 Å². The fraction of sp³-hybridized carbons (Fsp3) is 0.571. The van der Waals surface area contributed by atoms with Gasteiger partial charge in [0.05, 0.1) is 7.11 Å². The van der Waals surface area contributed by atoms with Gasteiger partial charge in [-0.2, -0.15) is 0 Å². The van der Waals surface area contributed by atoms with Crippen LogP contribution in [0.1, 0.15) is 44.6 Å². The van der Waals surface area contributed by atoms with Crippen LogP contribution in [0.5, 0.6) is 5.75 Å². The molecule has 1 heterocycles. The highest BCUT2D eigenvalue weighted by Gasteiger charge is 2.36. The summed E-state index contributed by atoms with van der Waals surface area (Å²) in [4.78, 5) is 14.8. The number of methoxy groups -OCH3 is 1. The topological polar surface area (TPSA) is 41.6 Å². The minimum absolute atomic E-state index is 0.0871. The number of piperidine rings is 1. The van der Waals surface area contributed by atoms with Crippen molar-refractivity contribution in [3.63, 3.8) is 0 Å².